The molecule has 1 aromatic carbocycles. The molecule has 1 aliphatic rings. The van der Waals surface area contributed by atoms with Gasteiger partial charge in [0.25, 0.3) is 0 Å². The lowest BCUT2D eigenvalue weighted by Gasteiger charge is -2.41. The minimum atomic E-state index is -1.17. The van der Waals surface area contributed by atoms with Gasteiger partial charge in [-0.2, -0.15) is 0 Å². The molecule has 0 saturated carbocycles. The predicted octanol–water partition coefficient (Wildman–Crippen LogP) is 2.72. The molecule has 0 N–H and O–H groups in total. The minimum absolute atomic E-state index is 0.105. The van der Waals surface area contributed by atoms with Crippen LogP contribution in [0.1, 0.15) is 56.6 Å². The van der Waals surface area contributed by atoms with Gasteiger partial charge >= 0.3 is 0 Å². The summed E-state index contributed by atoms with van der Waals surface area (Å²) in [5.41, 5.74) is 3.26. The Morgan fingerprint density at radius 2 is 1.96 bits per heavy atom. The van der Waals surface area contributed by atoms with Gasteiger partial charge in [-0.15, -0.1) is 11.8 Å². The van der Waals surface area contributed by atoms with Crippen LogP contribution in [0, 0.1) is 11.8 Å². The summed E-state index contributed by atoms with van der Waals surface area (Å²) < 4.78 is 0.229. The molecule has 0 atom stereocenters. The molecule has 0 aliphatic carbocycles. The third kappa shape index (κ3) is 4.25. The number of thioether (sulfide) groups is 1. The van der Waals surface area contributed by atoms with Gasteiger partial charge < -0.3 is 9.90 Å². The first-order valence-corrected chi connectivity index (χ1v) is 9.33. The summed E-state index contributed by atoms with van der Waals surface area (Å²) in [5.74, 6) is 4.97. The van der Waals surface area contributed by atoms with E-state index in [2.05, 4.69) is 61.6 Å². The Morgan fingerprint density at radius 3 is 2.62 bits per heavy atom. The molecule has 1 aliphatic heterocycles. The van der Waals surface area contributed by atoms with E-state index in [4.69, 9.17) is 0 Å². The molecule has 4 nitrogen and oxygen atoms in total. The predicted molar refractivity (Wildman–Crippen MR) is 101 cm³/mol. The summed E-state index contributed by atoms with van der Waals surface area (Å²) in [6, 6.07) is 6.36. The molecule has 26 heavy (non-hydrogen) atoms. The molecular formula is C21H21N2O2S-. The van der Waals surface area contributed by atoms with Gasteiger partial charge in [-0.05, 0) is 41.5 Å². The lowest BCUT2D eigenvalue weighted by molar-refractivity contribution is -0.304. The third-order valence-electron chi connectivity index (χ3n) is 4.33. The quantitative estimate of drug-likeness (QED) is 0.766. The molecule has 2 aromatic rings. The van der Waals surface area contributed by atoms with Gasteiger partial charge in [-0.25, -0.2) is 4.98 Å². The van der Waals surface area contributed by atoms with Crippen LogP contribution in [-0.4, -0.2) is 20.7 Å². The van der Waals surface area contributed by atoms with E-state index in [-0.39, 0.29) is 16.6 Å². The molecule has 134 valence electrons. The number of benzene rings is 1. The van der Waals surface area contributed by atoms with Crippen molar-refractivity contribution >= 4 is 17.7 Å². The zero-order valence-electron chi connectivity index (χ0n) is 15.4. The number of fused-ring (bicyclic) bond motifs is 1. The molecule has 0 amide bonds. The van der Waals surface area contributed by atoms with Crippen molar-refractivity contribution in [1.29, 1.82) is 0 Å². The van der Waals surface area contributed by atoms with Crippen molar-refractivity contribution in [3.63, 3.8) is 0 Å². The molecular weight excluding hydrogens is 344 g/mol. The van der Waals surface area contributed by atoms with Crippen LogP contribution in [0.4, 0.5) is 0 Å². The van der Waals surface area contributed by atoms with Crippen molar-refractivity contribution in [2.24, 2.45) is 0 Å². The maximum absolute atomic E-state index is 10.6. The summed E-state index contributed by atoms with van der Waals surface area (Å²) in [5, 5.41) is 10.6. The molecule has 0 bridgehead atoms. The highest BCUT2D eigenvalue weighted by atomic mass is 32.2. The van der Waals surface area contributed by atoms with E-state index in [1.807, 2.05) is 17.8 Å². The smallest absolute Gasteiger partial charge is 0.131 e. The van der Waals surface area contributed by atoms with Crippen LogP contribution >= 0.6 is 11.8 Å². The van der Waals surface area contributed by atoms with Crippen molar-refractivity contribution in [2.75, 3.05) is 0 Å². The molecule has 1 aromatic heterocycles. The fourth-order valence-corrected chi connectivity index (χ4v) is 5.12. The maximum Gasteiger partial charge on any atom is 0.131 e. The van der Waals surface area contributed by atoms with Gasteiger partial charge in [0.15, 0.2) is 0 Å². The lowest BCUT2D eigenvalue weighted by atomic mass is 9.76. The van der Waals surface area contributed by atoms with E-state index in [0.717, 1.165) is 12.0 Å². The summed E-state index contributed by atoms with van der Waals surface area (Å²) >= 11 is 1.92. The van der Waals surface area contributed by atoms with E-state index >= 15 is 0 Å². The van der Waals surface area contributed by atoms with Gasteiger partial charge in [0, 0.05) is 27.6 Å². The first-order valence-electron chi connectivity index (χ1n) is 8.51. The van der Waals surface area contributed by atoms with Gasteiger partial charge in [-0.3, -0.25) is 4.98 Å². The number of aliphatic carboxylic acids is 1. The Kier molecular flexibility index (Phi) is 4.81. The molecule has 0 saturated heterocycles. The van der Waals surface area contributed by atoms with Crippen molar-refractivity contribution < 1.29 is 9.90 Å². The molecule has 2 heterocycles. The number of carbonyl (C=O) groups is 1. The second-order valence-corrected chi connectivity index (χ2v) is 9.57. The largest absolute Gasteiger partial charge is 0.550 e. The monoisotopic (exact) mass is 365 g/mol. The SMILES string of the molecule is CC1(C)CC(C)(C)c2cc(C#Cc3cnc(CC(=O)[O-])cn3)ccc2S1. The number of hydrogen-bond acceptors (Lipinski definition) is 5. The third-order valence-corrected chi connectivity index (χ3v) is 5.60. The van der Waals surface area contributed by atoms with Crippen LogP contribution in [-0.2, 0) is 16.6 Å². The van der Waals surface area contributed by atoms with E-state index in [0.29, 0.717) is 11.4 Å². The standard InChI is InChI=1S/C21H22N2O2S/c1-20(2)13-21(3,4)26-18-8-6-14(9-17(18)20)5-7-15-11-23-16(12-22-15)10-19(24)25/h6,8-9,11-12H,10,13H2,1-4H3,(H,24,25)/p-1. The topological polar surface area (TPSA) is 65.9 Å². The van der Waals surface area contributed by atoms with Crippen LogP contribution < -0.4 is 5.11 Å². The minimum Gasteiger partial charge on any atom is -0.550 e. The molecule has 3 rings (SSSR count). The maximum atomic E-state index is 10.6. The Balaban J connectivity index is 1.85. The average Bonchev–Trinajstić information content (AvgIpc) is 2.52. The van der Waals surface area contributed by atoms with Gasteiger partial charge in [0.1, 0.15) is 5.69 Å². The number of nitrogens with zero attached hydrogens (tertiary/aromatic N) is 2. The summed E-state index contributed by atoms with van der Waals surface area (Å²) in [7, 11) is 0. The number of carboxylic acids is 1. The highest BCUT2D eigenvalue weighted by molar-refractivity contribution is 8.00. The van der Waals surface area contributed by atoms with Crippen molar-refractivity contribution in [1.82, 2.24) is 9.97 Å². The number of hydrogen-bond donors (Lipinski definition) is 0. The zero-order chi connectivity index (χ0) is 18.9. The molecule has 0 spiro atoms. The molecule has 0 radical (unpaired) electrons. The zero-order valence-corrected chi connectivity index (χ0v) is 16.2. The lowest BCUT2D eigenvalue weighted by Crippen LogP contribution is -2.33. The Hall–Kier alpha value is -2.32. The first kappa shape index (κ1) is 18.5. The Labute approximate surface area is 158 Å². The molecule has 5 heteroatoms. The van der Waals surface area contributed by atoms with Gasteiger partial charge in [0.05, 0.1) is 18.1 Å². The fraction of sp³-hybridized carbons (Fsp3) is 0.381. The van der Waals surface area contributed by atoms with Gasteiger partial charge in [-0.1, -0.05) is 33.6 Å². The normalized spacial score (nSPS) is 16.9. The van der Waals surface area contributed by atoms with Crippen molar-refractivity contribution in [2.45, 2.75) is 55.6 Å². The van der Waals surface area contributed by atoms with E-state index in [1.54, 1.807) is 0 Å². The number of aromatic nitrogens is 2. The average molecular weight is 365 g/mol. The highest BCUT2D eigenvalue weighted by Crippen LogP contribution is 2.50. The second-order valence-electron chi connectivity index (χ2n) is 7.83. The van der Waals surface area contributed by atoms with E-state index in [9.17, 15) is 9.90 Å². The second kappa shape index (κ2) is 6.77. The van der Waals surface area contributed by atoms with Crippen LogP contribution in [0.5, 0.6) is 0 Å². The fourth-order valence-electron chi connectivity index (χ4n) is 3.51. The first-order chi connectivity index (χ1) is 12.1. The number of rotatable bonds is 2. The van der Waals surface area contributed by atoms with Crippen LogP contribution in [0.2, 0.25) is 0 Å². The highest BCUT2D eigenvalue weighted by Gasteiger charge is 2.37. The summed E-state index contributed by atoms with van der Waals surface area (Å²) in [6.07, 6.45) is 3.79. The van der Waals surface area contributed by atoms with E-state index < -0.39 is 5.97 Å². The van der Waals surface area contributed by atoms with Crippen molar-refractivity contribution in [3.8, 4) is 11.8 Å². The Morgan fingerprint density at radius 1 is 1.19 bits per heavy atom. The molecule has 0 fully saturated rings. The van der Waals surface area contributed by atoms with Crippen LogP contribution in [0.25, 0.3) is 0 Å². The summed E-state index contributed by atoms with van der Waals surface area (Å²) in [4.78, 5) is 20.1. The van der Waals surface area contributed by atoms with E-state index in [1.165, 1.54) is 22.9 Å². The molecule has 0 unspecified atom stereocenters. The van der Waals surface area contributed by atoms with Crippen LogP contribution in [0.3, 0.4) is 0 Å². The number of carboxylic acid groups (broad SMARTS) is 1. The van der Waals surface area contributed by atoms with Crippen molar-refractivity contribution in [3.05, 3.63) is 53.1 Å². The number of carbonyl (C=O) groups excluding carboxylic acids is 1. The summed E-state index contributed by atoms with van der Waals surface area (Å²) in [6.45, 7) is 9.15. The van der Waals surface area contributed by atoms with Gasteiger partial charge in [0.2, 0.25) is 0 Å². The Bertz CT molecular complexity index is 906. The van der Waals surface area contributed by atoms with Crippen LogP contribution in [0.15, 0.2) is 35.5 Å².